The van der Waals surface area contributed by atoms with Crippen molar-refractivity contribution in [3.05, 3.63) is 70.7 Å². The molecule has 0 aliphatic heterocycles. The Morgan fingerprint density at radius 3 is 2.12 bits per heavy atom. The molecule has 5 nitrogen and oxygen atoms in total. The number of halogens is 1. The zero-order valence-corrected chi connectivity index (χ0v) is 16.0. The molecule has 2 rings (SSSR count). The molecule has 7 heteroatoms. The van der Waals surface area contributed by atoms with E-state index in [1.54, 1.807) is 43.4 Å². The fourth-order valence-electron chi connectivity index (χ4n) is 2.49. The van der Waals surface area contributed by atoms with E-state index in [1.807, 2.05) is 18.2 Å². The predicted octanol–water partition coefficient (Wildman–Crippen LogP) is 2.93. The Labute approximate surface area is 153 Å². The van der Waals surface area contributed by atoms with Gasteiger partial charge in [0.2, 0.25) is 15.9 Å². The Bertz CT molecular complexity index is 823. The first-order valence-corrected chi connectivity index (χ1v) is 9.90. The number of carbonyl (C=O) groups is 1. The Balaban J connectivity index is 2.29. The SMILES string of the molecule is CN(Cc1ccc(Cl)cc1)C(=O)[C@H](c1ccccc1)N(C)S(C)(=O)=O. The molecular formula is C18H21ClN2O3S. The van der Waals surface area contributed by atoms with Gasteiger partial charge in [-0.1, -0.05) is 54.1 Å². The number of hydrogen-bond acceptors (Lipinski definition) is 3. The number of benzene rings is 2. The van der Waals surface area contributed by atoms with E-state index in [2.05, 4.69) is 0 Å². The monoisotopic (exact) mass is 380 g/mol. The maximum atomic E-state index is 13.0. The highest BCUT2D eigenvalue weighted by molar-refractivity contribution is 7.88. The Morgan fingerprint density at radius 1 is 1.04 bits per heavy atom. The molecule has 0 aliphatic rings. The van der Waals surface area contributed by atoms with Gasteiger partial charge >= 0.3 is 0 Å². The lowest BCUT2D eigenvalue weighted by Crippen LogP contribution is -2.41. The summed E-state index contributed by atoms with van der Waals surface area (Å²) in [4.78, 5) is 14.5. The van der Waals surface area contributed by atoms with Gasteiger partial charge in [0.15, 0.2) is 0 Å². The van der Waals surface area contributed by atoms with Gasteiger partial charge in [0, 0.05) is 25.7 Å². The van der Waals surface area contributed by atoms with Crippen LogP contribution in [0.25, 0.3) is 0 Å². The van der Waals surface area contributed by atoms with Gasteiger partial charge in [-0.2, -0.15) is 4.31 Å². The number of rotatable bonds is 6. The predicted molar refractivity (Wildman–Crippen MR) is 99.7 cm³/mol. The van der Waals surface area contributed by atoms with E-state index >= 15 is 0 Å². The van der Waals surface area contributed by atoms with Crippen molar-refractivity contribution in [1.29, 1.82) is 0 Å². The van der Waals surface area contributed by atoms with Crippen LogP contribution in [0.15, 0.2) is 54.6 Å². The molecule has 0 spiro atoms. The Kier molecular flexibility index (Phi) is 6.21. The van der Waals surface area contributed by atoms with Crippen LogP contribution in [0.4, 0.5) is 0 Å². The van der Waals surface area contributed by atoms with Crippen LogP contribution in [-0.2, 0) is 21.4 Å². The van der Waals surface area contributed by atoms with Crippen molar-refractivity contribution in [2.75, 3.05) is 20.4 Å². The van der Waals surface area contributed by atoms with E-state index in [1.165, 1.54) is 11.9 Å². The molecule has 0 fully saturated rings. The summed E-state index contributed by atoms with van der Waals surface area (Å²) in [6.07, 6.45) is 1.09. The lowest BCUT2D eigenvalue weighted by Gasteiger charge is -2.29. The first-order chi connectivity index (χ1) is 11.7. The lowest BCUT2D eigenvalue weighted by atomic mass is 10.1. The molecule has 134 valence electrons. The number of nitrogens with zero attached hydrogens (tertiary/aromatic N) is 2. The summed E-state index contributed by atoms with van der Waals surface area (Å²) >= 11 is 5.88. The molecule has 0 N–H and O–H groups in total. The fourth-order valence-corrected chi connectivity index (χ4v) is 3.21. The van der Waals surface area contributed by atoms with Gasteiger partial charge in [0.1, 0.15) is 6.04 Å². The summed E-state index contributed by atoms with van der Waals surface area (Å²) in [6.45, 7) is 0.358. The minimum absolute atomic E-state index is 0.297. The van der Waals surface area contributed by atoms with Crippen LogP contribution in [0, 0.1) is 0 Å². The van der Waals surface area contributed by atoms with E-state index in [0.717, 1.165) is 16.1 Å². The maximum Gasteiger partial charge on any atom is 0.245 e. The van der Waals surface area contributed by atoms with Crippen LogP contribution in [0.2, 0.25) is 5.02 Å². The van der Waals surface area contributed by atoms with Crippen molar-refractivity contribution in [2.24, 2.45) is 0 Å². The van der Waals surface area contributed by atoms with Crippen molar-refractivity contribution in [2.45, 2.75) is 12.6 Å². The molecule has 0 saturated heterocycles. The second-order valence-electron chi connectivity index (χ2n) is 5.91. The highest BCUT2D eigenvalue weighted by Crippen LogP contribution is 2.24. The van der Waals surface area contributed by atoms with Crippen LogP contribution in [0.1, 0.15) is 17.2 Å². The quantitative estimate of drug-likeness (QED) is 0.774. The molecule has 0 unspecified atom stereocenters. The molecule has 0 aliphatic carbocycles. The van der Waals surface area contributed by atoms with Crippen LogP contribution in [0.5, 0.6) is 0 Å². The standard InChI is InChI=1S/C18H21ClN2O3S/c1-20(13-14-9-11-16(19)12-10-14)18(22)17(21(2)25(3,23)24)15-7-5-4-6-8-15/h4-12,17H,13H2,1-3H3/t17-/m0/s1. The van der Waals surface area contributed by atoms with Crippen LogP contribution in [-0.4, -0.2) is 43.9 Å². The highest BCUT2D eigenvalue weighted by atomic mass is 35.5. The van der Waals surface area contributed by atoms with Gasteiger partial charge in [-0.05, 0) is 23.3 Å². The summed E-state index contributed by atoms with van der Waals surface area (Å²) in [6, 6.07) is 15.2. The van der Waals surface area contributed by atoms with Crippen molar-refractivity contribution < 1.29 is 13.2 Å². The average molecular weight is 381 g/mol. The normalized spacial score (nSPS) is 12.8. The molecular weight excluding hydrogens is 360 g/mol. The van der Waals surface area contributed by atoms with Gasteiger partial charge in [0.05, 0.1) is 6.26 Å². The molecule has 2 aromatic carbocycles. The van der Waals surface area contributed by atoms with E-state index in [-0.39, 0.29) is 5.91 Å². The van der Waals surface area contributed by atoms with Gasteiger partial charge in [0.25, 0.3) is 0 Å². The maximum absolute atomic E-state index is 13.0. The van der Waals surface area contributed by atoms with E-state index in [0.29, 0.717) is 17.1 Å². The summed E-state index contributed by atoms with van der Waals surface area (Å²) in [5.74, 6) is -0.297. The Morgan fingerprint density at radius 2 is 1.60 bits per heavy atom. The summed E-state index contributed by atoms with van der Waals surface area (Å²) in [7, 11) is -0.465. The third-order valence-electron chi connectivity index (χ3n) is 3.95. The van der Waals surface area contributed by atoms with Crippen molar-refractivity contribution in [1.82, 2.24) is 9.21 Å². The number of hydrogen-bond donors (Lipinski definition) is 0. The zero-order chi connectivity index (χ0) is 18.6. The molecule has 1 amide bonds. The molecule has 0 radical (unpaired) electrons. The summed E-state index contributed by atoms with van der Waals surface area (Å²) in [5.41, 5.74) is 1.54. The largest absolute Gasteiger partial charge is 0.340 e. The Hall–Kier alpha value is -1.89. The number of carbonyl (C=O) groups excluding carboxylic acids is 1. The van der Waals surface area contributed by atoms with Crippen molar-refractivity contribution in [3.8, 4) is 0 Å². The zero-order valence-electron chi connectivity index (χ0n) is 14.4. The fraction of sp³-hybridized carbons (Fsp3) is 0.278. The van der Waals surface area contributed by atoms with Crippen LogP contribution in [0.3, 0.4) is 0 Å². The van der Waals surface area contributed by atoms with Crippen LogP contribution >= 0.6 is 11.6 Å². The summed E-state index contributed by atoms with van der Waals surface area (Å²) in [5, 5.41) is 0.622. The first kappa shape index (κ1) is 19.4. The molecule has 1 atom stereocenters. The van der Waals surface area contributed by atoms with E-state index in [4.69, 9.17) is 11.6 Å². The van der Waals surface area contributed by atoms with Gasteiger partial charge < -0.3 is 4.90 Å². The third kappa shape index (κ3) is 5.04. The molecule has 0 heterocycles. The summed E-state index contributed by atoms with van der Waals surface area (Å²) < 4.78 is 25.1. The van der Waals surface area contributed by atoms with Gasteiger partial charge in [-0.15, -0.1) is 0 Å². The van der Waals surface area contributed by atoms with Crippen LogP contribution < -0.4 is 0 Å². The highest BCUT2D eigenvalue weighted by Gasteiger charge is 2.32. The number of likely N-dealkylation sites (N-methyl/N-ethyl adjacent to an activating group) is 2. The minimum atomic E-state index is -3.54. The van der Waals surface area contributed by atoms with E-state index in [9.17, 15) is 13.2 Å². The third-order valence-corrected chi connectivity index (χ3v) is 5.45. The second kappa shape index (κ2) is 7.99. The van der Waals surface area contributed by atoms with E-state index < -0.39 is 16.1 Å². The topological polar surface area (TPSA) is 57.7 Å². The average Bonchev–Trinajstić information content (AvgIpc) is 2.57. The second-order valence-corrected chi connectivity index (χ2v) is 8.39. The molecule has 0 saturated carbocycles. The molecule has 2 aromatic rings. The molecule has 25 heavy (non-hydrogen) atoms. The minimum Gasteiger partial charge on any atom is -0.340 e. The van der Waals surface area contributed by atoms with Gasteiger partial charge in [-0.25, -0.2) is 8.42 Å². The van der Waals surface area contributed by atoms with Crippen molar-refractivity contribution >= 4 is 27.5 Å². The molecule has 0 bridgehead atoms. The van der Waals surface area contributed by atoms with Crippen molar-refractivity contribution in [3.63, 3.8) is 0 Å². The molecule has 0 aromatic heterocycles. The number of sulfonamides is 1. The van der Waals surface area contributed by atoms with Gasteiger partial charge in [-0.3, -0.25) is 4.79 Å². The number of amides is 1. The first-order valence-electron chi connectivity index (χ1n) is 7.67. The smallest absolute Gasteiger partial charge is 0.245 e. The lowest BCUT2D eigenvalue weighted by molar-refractivity contribution is -0.134.